The number of carbonyl (C=O) groups is 4. The van der Waals surface area contributed by atoms with Crippen molar-refractivity contribution in [2.45, 2.75) is 145 Å². The normalized spacial score (nSPS) is 38.6. The summed E-state index contributed by atoms with van der Waals surface area (Å²) >= 11 is 0. The molecule has 10 atom stereocenters. The molecule has 0 radical (unpaired) electrons. The van der Waals surface area contributed by atoms with Crippen molar-refractivity contribution in [3.05, 3.63) is 47.5 Å². The van der Waals surface area contributed by atoms with Crippen molar-refractivity contribution in [3.8, 4) is 0 Å². The molecule has 0 unspecified atom stereocenters. The first kappa shape index (κ1) is 39.5. The fraction of sp³-hybridized carbons (Fsp3) is 0.733. The highest BCUT2D eigenvalue weighted by Gasteiger charge is 2.72. The number of fused-ring (bicyclic) bond motifs is 7. The molecule has 8 heteroatoms. The van der Waals surface area contributed by atoms with Gasteiger partial charge in [0.2, 0.25) is 5.91 Å². The highest BCUT2D eigenvalue weighted by Crippen LogP contribution is 2.77. The van der Waals surface area contributed by atoms with Crippen molar-refractivity contribution < 1.29 is 34.1 Å². The maximum Gasteiger partial charge on any atom is 0.335 e. The Bertz CT molecular complexity index is 1650. The first-order valence-electron chi connectivity index (χ1n) is 20.3. The third kappa shape index (κ3) is 6.46. The lowest BCUT2D eigenvalue weighted by atomic mass is 9.32. The standard InChI is InChI=1S/C45H65NO7/c1-27(2)30-16-21-45(39(52)46-26-28-10-12-29(13-11-28)38(50)51)23-22-43(8)31(37(30)45)14-15-33-42(7)19-18-34(41(5,6)32(42)17-20-44(33,43)9)53-36(49)25-40(3,4)24-35(47)48/h10-13,30-34,37H,1,14-26H2,2-9H3,(H,46,52)(H,47,48)(H,50,51)/t30-,31+,32-,33+,34-,37+,42-,43+,44+,45-/m0/s1. The summed E-state index contributed by atoms with van der Waals surface area (Å²) in [6.07, 6.45) is 9.90. The summed E-state index contributed by atoms with van der Waals surface area (Å²) in [6.45, 7) is 23.0. The Morgan fingerprint density at radius 1 is 0.830 bits per heavy atom. The first-order chi connectivity index (χ1) is 24.6. The predicted molar refractivity (Wildman–Crippen MR) is 205 cm³/mol. The average molecular weight is 732 g/mol. The molecule has 0 saturated heterocycles. The van der Waals surface area contributed by atoms with E-state index in [1.54, 1.807) is 24.3 Å². The van der Waals surface area contributed by atoms with E-state index in [0.717, 1.165) is 69.8 Å². The zero-order valence-electron chi connectivity index (χ0n) is 33.6. The van der Waals surface area contributed by atoms with E-state index in [9.17, 15) is 29.4 Å². The molecular weight excluding hydrogens is 666 g/mol. The lowest BCUT2D eigenvalue weighted by Crippen LogP contribution is -2.67. The van der Waals surface area contributed by atoms with Crippen LogP contribution < -0.4 is 5.32 Å². The number of ether oxygens (including phenoxy) is 1. The molecule has 292 valence electrons. The van der Waals surface area contributed by atoms with Gasteiger partial charge in [0.15, 0.2) is 0 Å². The highest BCUT2D eigenvalue weighted by atomic mass is 16.5. The van der Waals surface area contributed by atoms with E-state index in [2.05, 4.69) is 53.4 Å². The topological polar surface area (TPSA) is 130 Å². The van der Waals surface area contributed by atoms with Crippen LogP contribution in [-0.4, -0.2) is 40.1 Å². The molecule has 5 aliphatic rings. The van der Waals surface area contributed by atoms with Crippen LogP contribution in [0.15, 0.2) is 36.4 Å². The van der Waals surface area contributed by atoms with Crippen molar-refractivity contribution in [2.75, 3.05) is 0 Å². The van der Waals surface area contributed by atoms with Crippen LogP contribution in [0.1, 0.15) is 148 Å². The molecule has 53 heavy (non-hydrogen) atoms. The van der Waals surface area contributed by atoms with Crippen LogP contribution in [0.2, 0.25) is 0 Å². The number of rotatable bonds is 10. The van der Waals surface area contributed by atoms with Crippen LogP contribution in [-0.2, 0) is 25.7 Å². The third-order valence-corrected chi connectivity index (χ3v) is 16.6. The van der Waals surface area contributed by atoms with E-state index >= 15 is 0 Å². The van der Waals surface area contributed by atoms with Gasteiger partial charge in [0, 0.05) is 12.0 Å². The van der Waals surface area contributed by atoms with Gasteiger partial charge in [-0.25, -0.2) is 4.79 Å². The Balaban J connectivity index is 1.22. The van der Waals surface area contributed by atoms with Crippen molar-refractivity contribution in [2.24, 2.45) is 62.1 Å². The molecule has 8 nitrogen and oxygen atoms in total. The number of allylic oxidation sites excluding steroid dienone is 1. The second kappa shape index (κ2) is 13.5. The molecule has 6 rings (SSSR count). The van der Waals surface area contributed by atoms with Gasteiger partial charge in [-0.1, -0.05) is 72.8 Å². The number of aliphatic carboxylic acids is 1. The zero-order valence-corrected chi connectivity index (χ0v) is 33.6. The quantitative estimate of drug-likeness (QED) is 0.161. The molecule has 3 N–H and O–H groups in total. The number of amides is 1. The summed E-state index contributed by atoms with van der Waals surface area (Å²) in [5.74, 6) is -0.0854. The molecule has 1 amide bonds. The van der Waals surface area contributed by atoms with Gasteiger partial charge in [0.25, 0.3) is 0 Å². The summed E-state index contributed by atoms with van der Waals surface area (Å²) in [7, 11) is 0. The monoisotopic (exact) mass is 731 g/mol. The molecule has 1 aromatic rings. The predicted octanol–water partition coefficient (Wildman–Crippen LogP) is 9.46. The molecule has 0 spiro atoms. The molecule has 0 heterocycles. The summed E-state index contributed by atoms with van der Waals surface area (Å²) < 4.78 is 6.26. The Morgan fingerprint density at radius 3 is 2.13 bits per heavy atom. The van der Waals surface area contributed by atoms with E-state index in [4.69, 9.17) is 4.74 Å². The highest BCUT2D eigenvalue weighted by molar-refractivity contribution is 5.87. The van der Waals surface area contributed by atoms with E-state index < -0.39 is 22.8 Å². The molecule has 0 aliphatic heterocycles. The Labute approximate surface area is 317 Å². The Morgan fingerprint density at radius 2 is 1.51 bits per heavy atom. The van der Waals surface area contributed by atoms with Crippen LogP contribution in [0.5, 0.6) is 0 Å². The molecule has 5 fully saturated rings. The van der Waals surface area contributed by atoms with Gasteiger partial charge in [-0.15, -0.1) is 0 Å². The molecular formula is C45H65NO7. The number of carbonyl (C=O) groups excluding carboxylic acids is 2. The van der Waals surface area contributed by atoms with Gasteiger partial charge in [-0.05, 0) is 140 Å². The van der Waals surface area contributed by atoms with E-state index in [1.807, 2.05) is 13.8 Å². The minimum Gasteiger partial charge on any atom is -0.481 e. The number of carboxylic acid groups (broad SMARTS) is 2. The molecule has 0 aromatic heterocycles. The molecule has 5 saturated carbocycles. The van der Waals surface area contributed by atoms with E-state index in [-0.39, 0.29) is 64.0 Å². The van der Waals surface area contributed by atoms with Gasteiger partial charge in [0.1, 0.15) is 6.10 Å². The minimum absolute atomic E-state index is 0.0682. The van der Waals surface area contributed by atoms with Crippen molar-refractivity contribution in [1.82, 2.24) is 5.32 Å². The van der Waals surface area contributed by atoms with Gasteiger partial charge in [-0.2, -0.15) is 0 Å². The maximum absolute atomic E-state index is 14.5. The number of hydrogen-bond acceptors (Lipinski definition) is 5. The lowest BCUT2D eigenvalue weighted by molar-refractivity contribution is -0.249. The summed E-state index contributed by atoms with van der Waals surface area (Å²) in [5, 5.41) is 22.0. The first-order valence-corrected chi connectivity index (χ1v) is 20.3. The van der Waals surface area contributed by atoms with Crippen molar-refractivity contribution in [1.29, 1.82) is 0 Å². The van der Waals surface area contributed by atoms with Crippen molar-refractivity contribution >= 4 is 23.8 Å². The third-order valence-electron chi connectivity index (χ3n) is 16.6. The number of nitrogens with one attached hydrogen (secondary N) is 1. The minimum atomic E-state index is -0.955. The largest absolute Gasteiger partial charge is 0.481 e. The van der Waals surface area contributed by atoms with Gasteiger partial charge in [-0.3, -0.25) is 14.4 Å². The second-order valence-electron chi connectivity index (χ2n) is 20.3. The maximum atomic E-state index is 14.5. The number of esters is 1. The average Bonchev–Trinajstić information content (AvgIpc) is 3.46. The van der Waals surface area contributed by atoms with Crippen LogP contribution in [0, 0.1) is 62.1 Å². The fourth-order valence-electron chi connectivity index (χ4n) is 13.9. The zero-order chi connectivity index (χ0) is 38.9. The summed E-state index contributed by atoms with van der Waals surface area (Å²) in [6, 6.07) is 6.79. The number of carboxylic acids is 2. The molecule has 1 aromatic carbocycles. The molecule has 0 bridgehead atoms. The fourth-order valence-corrected chi connectivity index (χ4v) is 13.9. The number of benzene rings is 1. The number of aromatic carboxylic acids is 1. The lowest BCUT2D eigenvalue weighted by Gasteiger charge is -2.72. The van der Waals surface area contributed by atoms with Gasteiger partial charge >= 0.3 is 17.9 Å². The second-order valence-corrected chi connectivity index (χ2v) is 20.3. The summed E-state index contributed by atoms with van der Waals surface area (Å²) in [5.41, 5.74) is 1.33. The Hall–Kier alpha value is -3.16. The SMILES string of the molecule is C=C(C)[C@@H]1CC[C@]2(C(=O)NCc3ccc(C(=O)O)cc3)CC[C@]3(C)[C@H](CC[C@@H]4[C@@]5(C)CC[C@H](OC(=O)CC(C)(C)CC(=O)O)C(C)(C)[C@@H]5CC[C@]43C)[C@@H]12. The van der Waals surface area contributed by atoms with Crippen LogP contribution in [0.4, 0.5) is 0 Å². The Kier molecular flexibility index (Phi) is 10.1. The number of hydrogen-bond donors (Lipinski definition) is 3. The van der Waals surface area contributed by atoms with Crippen LogP contribution >= 0.6 is 0 Å². The summed E-state index contributed by atoms with van der Waals surface area (Å²) in [4.78, 5) is 50.5. The van der Waals surface area contributed by atoms with Crippen LogP contribution in [0.25, 0.3) is 0 Å². The molecule has 5 aliphatic carbocycles. The van der Waals surface area contributed by atoms with Gasteiger partial charge < -0.3 is 20.3 Å². The van der Waals surface area contributed by atoms with E-state index in [1.165, 1.54) is 5.57 Å². The van der Waals surface area contributed by atoms with E-state index in [0.29, 0.717) is 30.2 Å². The van der Waals surface area contributed by atoms with Gasteiger partial charge in [0.05, 0.1) is 23.8 Å². The van der Waals surface area contributed by atoms with Crippen molar-refractivity contribution in [3.63, 3.8) is 0 Å². The smallest absolute Gasteiger partial charge is 0.335 e. The van der Waals surface area contributed by atoms with Crippen LogP contribution in [0.3, 0.4) is 0 Å².